The van der Waals surface area contributed by atoms with Gasteiger partial charge < -0.3 is 19.9 Å². The van der Waals surface area contributed by atoms with Gasteiger partial charge in [-0.1, -0.05) is 6.07 Å². The van der Waals surface area contributed by atoms with E-state index in [1.54, 1.807) is 13.2 Å². The summed E-state index contributed by atoms with van der Waals surface area (Å²) in [5.41, 5.74) is 0.696. The maximum Gasteiger partial charge on any atom is 0.126 e. The third kappa shape index (κ3) is 6.00. The van der Waals surface area contributed by atoms with Crippen LogP contribution in [0.3, 0.4) is 0 Å². The monoisotopic (exact) mass is 271 g/mol. The number of benzene rings is 1. The maximum atomic E-state index is 12.9. The van der Waals surface area contributed by atoms with Gasteiger partial charge in [0.2, 0.25) is 0 Å². The number of methoxy groups -OCH3 is 1. The molecule has 0 aliphatic heterocycles. The number of aromatic hydroxyl groups is 1. The van der Waals surface area contributed by atoms with Crippen LogP contribution in [0, 0.1) is 5.82 Å². The third-order valence-electron chi connectivity index (χ3n) is 2.81. The zero-order valence-electron chi connectivity index (χ0n) is 11.5. The van der Waals surface area contributed by atoms with E-state index in [4.69, 9.17) is 9.47 Å². The standard InChI is InChI=1S/C14H22FNO3/c1-11(13-5-4-12(15)10-14(13)17)16-6-3-7-19-9-8-18-2/h4-5,10-11,16-17H,3,6-9H2,1-2H3. The molecule has 2 N–H and O–H groups in total. The molecule has 0 fully saturated rings. The molecule has 1 atom stereocenters. The summed E-state index contributed by atoms with van der Waals surface area (Å²) in [7, 11) is 1.64. The van der Waals surface area contributed by atoms with Crippen molar-refractivity contribution in [2.45, 2.75) is 19.4 Å². The average molecular weight is 271 g/mol. The normalized spacial score (nSPS) is 12.6. The molecule has 0 saturated carbocycles. The number of rotatable bonds is 9. The largest absolute Gasteiger partial charge is 0.508 e. The lowest BCUT2D eigenvalue weighted by molar-refractivity contribution is 0.0693. The first-order valence-corrected chi connectivity index (χ1v) is 6.43. The highest BCUT2D eigenvalue weighted by Crippen LogP contribution is 2.24. The topological polar surface area (TPSA) is 50.7 Å². The van der Waals surface area contributed by atoms with Gasteiger partial charge in [0.25, 0.3) is 0 Å². The van der Waals surface area contributed by atoms with Crippen molar-refractivity contribution in [3.63, 3.8) is 0 Å². The molecule has 0 saturated heterocycles. The van der Waals surface area contributed by atoms with Crippen molar-refractivity contribution in [3.8, 4) is 5.75 Å². The van der Waals surface area contributed by atoms with Gasteiger partial charge in [-0.3, -0.25) is 0 Å². The second kappa shape index (κ2) is 8.85. The van der Waals surface area contributed by atoms with E-state index in [2.05, 4.69) is 5.32 Å². The van der Waals surface area contributed by atoms with Crippen LogP contribution in [0.25, 0.3) is 0 Å². The van der Waals surface area contributed by atoms with Crippen LogP contribution in [0.4, 0.5) is 4.39 Å². The van der Waals surface area contributed by atoms with Crippen molar-refractivity contribution in [1.82, 2.24) is 5.32 Å². The molecule has 0 aliphatic carbocycles. The minimum atomic E-state index is -0.431. The lowest BCUT2D eigenvalue weighted by Crippen LogP contribution is -2.21. The molecule has 0 heterocycles. The Kier molecular flexibility index (Phi) is 7.40. The zero-order valence-corrected chi connectivity index (χ0v) is 11.5. The van der Waals surface area contributed by atoms with E-state index < -0.39 is 5.82 Å². The Balaban J connectivity index is 2.22. The van der Waals surface area contributed by atoms with E-state index in [1.807, 2.05) is 6.92 Å². The number of phenols is 1. The van der Waals surface area contributed by atoms with Crippen LogP contribution in [-0.4, -0.2) is 38.6 Å². The van der Waals surface area contributed by atoms with E-state index in [9.17, 15) is 9.50 Å². The van der Waals surface area contributed by atoms with Crippen molar-refractivity contribution in [3.05, 3.63) is 29.6 Å². The second-order valence-electron chi connectivity index (χ2n) is 4.34. The molecule has 1 rings (SSSR count). The molecule has 4 nitrogen and oxygen atoms in total. The lowest BCUT2D eigenvalue weighted by Gasteiger charge is -2.15. The van der Waals surface area contributed by atoms with Crippen molar-refractivity contribution in [2.24, 2.45) is 0 Å². The van der Waals surface area contributed by atoms with Gasteiger partial charge in [-0.2, -0.15) is 0 Å². The number of ether oxygens (including phenoxy) is 2. The molecule has 0 bridgehead atoms. The highest BCUT2D eigenvalue weighted by molar-refractivity contribution is 5.34. The van der Waals surface area contributed by atoms with Gasteiger partial charge in [0.15, 0.2) is 0 Å². The van der Waals surface area contributed by atoms with E-state index in [0.717, 1.165) is 19.0 Å². The summed E-state index contributed by atoms with van der Waals surface area (Å²) in [6.07, 6.45) is 0.871. The van der Waals surface area contributed by atoms with Gasteiger partial charge in [0.05, 0.1) is 13.2 Å². The third-order valence-corrected chi connectivity index (χ3v) is 2.81. The Labute approximate surface area is 113 Å². The van der Waals surface area contributed by atoms with E-state index in [0.29, 0.717) is 25.4 Å². The summed E-state index contributed by atoms with van der Waals surface area (Å²) >= 11 is 0. The van der Waals surface area contributed by atoms with Crippen molar-refractivity contribution in [2.75, 3.05) is 33.5 Å². The van der Waals surface area contributed by atoms with Crippen LogP contribution in [0.1, 0.15) is 24.9 Å². The van der Waals surface area contributed by atoms with Crippen LogP contribution < -0.4 is 5.32 Å². The Morgan fingerprint density at radius 3 is 2.79 bits per heavy atom. The first-order chi connectivity index (χ1) is 9.15. The number of hydrogen-bond donors (Lipinski definition) is 2. The highest BCUT2D eigenvalue weighted by Gasteiger charge is 2.10. The van der Waals surface area contributed by atoms with Crippen molar-refractivity contribution < 1.29 is 19.0 Å². The van der Waals surface area contributed by atoms with Crippen molar-refractivity contribution >= 4 is 0 Å². The summed E-state index contributed by atoms with van der Waals surface area (Å²) in [6, 6.07) is 4.04. The van der Waals surface area contributed by atoms with Crippen LogP contribution in [-0.2, 0) is 9.47 Å². The Bertz CT molecular complexity index is 374. The maximum absolute atomic E-state index is 12.9. The number of nitrogens with one attached hydrogen (secondary N) is 1. The quantitative estimate of drug-likeness (QED) is 0.676. The fourth-order valence-electron chi connectivity index (χ4n) is 1.73. The molecule has 0 amide bonds. The predicted molar refractivity (Wildman–Crippen MR) is 71.8 cm³/mol. The Morgan fingerprint density at radius 1 is 1.32 bits per heavy atom. The SMILES string of the molecule is COCCOCCCNC(C)c1ccc(F)cc1O. The number of phenolic OH excluding ortho intramolecular Hbond substituents is 1. The molecule has 1 unspecified atom stereocenters. The van der Waals surface area contributed by atoms with Gasteiger partial charge in [0.1, 0.15) is 11.6 Å². The molecular weight excluding hydrogens is 249 g/mol. The van der Waals surface area contributed by atoms with E-state index in [-0.39, 0.29) is 11.8 Å². The van der Waals surface area contributed by atoms with Gasteiger partial charge in [-0.25, -0.2) is 4.39 Å². The minimum Gasteiger partial charge on any atom is -0.508 e. The molecule has 1 aromatic carbocycles. The number of hydrogen-bond acceptors (Lipinski definition) is 4. The molecule has 0 aliphatic rings. The first kappa shape index (κ1) is 15.9. The fraction of sp³-hybridized carbons (Fsp3) is 0.571. The zero-order chi connectivity index (χ0) is 14.1. The molecule has 108 valence electrons. The highest BCUT2D eigenvalue weighted by atomic mass is 19.1. The summed E-state index contributed by atoms with van der Waals surface area (Å²) < 4.78 is 23.1. The summed E-state index contributed by atoms with van der Waals surface area (Å²) in [5, 5.41) is 12.9. The van der Waals surface area contributed by atoms with Gasteiger partial charge in [-0.15, -0.1) is 0 Å². The predicted octanol–water partition coefficient (Wildman–Crippen LogP) is 2.24. The summed E-state index contributed by atoms with van der Waals surface area (Å²) in [5.74, 6) is -0.448. The molecular formula is C14H22FNO3. The lowest BCUT2D eigenvalue weighted by atomic mass is 10.1. The van der Waals surface area contributed by atoms with Crippen molar-refractivity contribution in [1.29, 1.82) is 0 Å². The summed E-state index contributed by atoms with van der Waals surface area (Å²) in [4.78, 5) is 0. The molecule has 5 heteroatoms. The van der Waals surface area contributed by atoms with E-state index in [1.165, 1.54) is 6.07 Å². The molecule has 1 aromatic rings. The van der Waals surface area contributed by atoms with Gasteiger partial charge in [-0.05, 0) is 26.0 Å². The minimum absolute atomic E-state index is 0.0173. The Hall–Kier alpha value is -1.17. The molecule has 19 heavy (non-hydrogen) atoms. The first-order valence-electron chi connectivity index (χ1n) is 6.43. The van der Waals surface area contributed by atoms with E-state index >= 15 is 0 Å². The van der Waals surface area contributed by atoms with Crippen LogP contribution in [0.15, 0.2) is 18.2 Å². The number of halogens is 1. The van der Waals surface area contributed by atoms with Crippen LogP contribution >= 0.6 is 0 Å². The second-order valence-corrected chi connectivity index (χ2v) is 4.34. The Morgan fingerprint density at radius 2 is 2.11 bits per heavy atom. The molecule has 0 spiro atoms. The summed E-state index contributed by atoms with van der Waals surface area (Å²) in [6.45, 7) is 4.57. The van der Waals surface area contributed by atoms with Crippen LogP contribution in [0.5, 0.6) is 5.75 Å². The fourth-order valence-corrected chi connectivity index (χ4v) is 1.73. The van der Waals surface area contributed by atoms with Gasteiger partial charge in [0, 0.05) is 31.4 Å². The van der Waals surface area contributed by atoms with Crippen LogP contribution in [0.2, 0.25) is 0 Å². The average Bonchev–Trinajstić information content (AvgIpc) is 2.37. The molecule has 0 radical (unpaired) electrons. The van der Waals surface area contributed by atoms with Gasteiger partial charge >= 0.3 is 0 Å². The smallest absolute Gasteiger partial charge is 0.126 e. The molecule has 0 aromatic heterocycles.